The summed E-state index contributed by atoms with van der Waals surface area (Å²) in [7, 11) is 0. The lowest BCUT2D eigenvalue weighted by molar-refractivity contribution is 0.276. The summed E-state index contributed by atoms with van der Waals surface area (Å²) in [6, 6.07) is 9.88. The summed E-state index contributed by atoms with van der Waals surface area (Å²) < 4.78 is 15.2. The molecule has 2 aromatic carbocycles. The molecule has 0 fully saturated rings. The van der Waals surface area contributed by atoms with Gasteiger partial charge >= 0.3 is 0 Å². The van der Waals surface area contributed by atoms with Crippen molar-refractivity contribution in [3.05, 3.63) is 69.8 Å². The van der Waals surface area contributed by atoms with Crippen LogP contribution in [-0.4, -0.2) is 31.7 Å². The number of rotatable bonds is 8. The number of nitriles is 1. The number of nitrogens with zero attached hydrogens (tertiary/aromatic N) is 5. The van der Waals surface area contributed by atoms with E-state index in [1.165, 1.54) is 24.4 Å². The highest BCUT2D eigenvalue weighted by atomic mass is 35.5. The van der Waals surface area contributed by atoms with Gasteiger partial charge in [-0.1, -0.05) is 28.4 Å². The van der Waals surface area contributed by atoms with Gasteiger partial charge in [0.2, 0.25) is 0 Å². The summed E-state index contributed by atoms with van der Waals surface area (Å²) in [5.74, 6) is -0.537. The molecule has 0 aliphatic rings. The summed E-state index contributed by atoms with van der Waals surface area (Å²) in [5.41, 5.74) is 3.20. The Morgan fingerprint density at radius 2 is 1.97 bits per heavy atom. The van der Waals surface area contributed by atoms with Gasteiger partial charge in [-0.2, -0.15) is 5.26 Å². The lowest BCUT2D eigenvalue weighted by Crippen LogP contribution is -2.02. The lowest BCUT2D eigenvalue weighted by atomic mass is 10.1. The number of benzene rings is 2. The quantitative estimate of drug-likeness (QED) is 0.325. The first-order chi connectivity index (χ1) is 16.0. The van der Waals surface area contributed by atoms with Gasteiger partial charge in [0.1, 0.15) is 17.6 Å². The number of pyridine rings is 1. The van der Waals surface area contributed by atoms with E-state index in [0.29, 0.717) is 63.8 Å². The van der Waals surface area contributed by atoms with Gasteiger partial charge in [0.15, 0.2) is 0 Å². The standard InChI is InChI=1S/C22H18Cl2FN7O/c23-18-7-14(2-3-20(18)25)29-21-13(9-26)10-28-22-17(21)6-15(8-19(22)24)27-11-16-12-32(31-30-16)4-1-5-33/h2-3,6-8,10,12,27,33H,1,4-5,11H2,(H,28,29). The summed E-state index contributed by atoms with van der Waals surface area (Å²) in [4.78, 5) is 4.32. The maximum atomic E-state index is 13.6. The second-order valence-corrected chi connectivity index (χ2v) is 7.98. The highest BCUT2D eigenvalue weighted by molar-refractivity contribution is 6.36. The minimum Gasteiger partial charge on any atom is -0.396 e. The number of aromatic nitrogens is 4. The molecule has 0 aliphatic heterocycles. The Morgan fingerprint density at radius 1 is 1.15 bits per heavy atom. The molecule has 4 rings (SSSR count). The molecule has 0 unspecified atom stereocenters. The van der Waals surface area contributed by atoms with Gasteiger partial charge in [-0.15, -0.1) is 5.10 Å². The van der Waals surface area contributed by atoms with Gasteiger partial charge in [-0.3, -0.25) is 9.67 Å². The fourth-order valence-corrected chi connectivity index (χ4v) is 3.70. The van der Waals surface area contributed by atoms with Gasteiger partial charge in [-0.25, -0.2) is 4.39 Å². The first-order valence-corrected chi connectivity index (χ1v) is 10.7. The highest BCUT2D eigenvalue weighted by Crippen LogP contribution is 2.35. The number of halogens is 3. The molecule has 33 heavy (non-hydrogen) atoms. The van der Waals surface area contributed by atoms with Gasteiger partial charge in [0.05, 0.1) is 39.6 Å². The topological polar surface area (TPSA) is 112 Å². The van der Waals surface area contributed by atoms with E-state index in [1.807, 2.05) is 6.07 Å². The Hall–Kier alpha value is -3.45. The third kappa shape index (κ3) is 5.14. The summed E-state index contributed by atoms with van der Waals surface area (Å²) >= 11 is 12.4. The second-order valence-electron chi connectivity index (χ2n) is 7.17. The summed E-state index contributed by atoms with van der Waals surface area (Å²) in [5, 5.41) is 34.0. The molecule has 168 valence electrons. The molecule has 2 aromatic heterocycles. The summed E-state index contributed by atoms with van der Waals surface area (Å²) in [6.45, 7) is 1.06. The number of anilines is 3. The van der Waals surface area contributed by atoms with Crippen LogP contribution in [0.4, 0.5) is 21.5 Å². The van der Waals surface area contributed by atoms with Crippen molar-refractivity contribution in [3.8, 4) is 6.07 Å². The SMILES string of the molecule is N#Cc1cnc2c(Cl)cc(NCc3cn(CCCO)nn3)cc2c1Nc1ccc(F)c(Cl)c1. The van der Waals surface area contributed by atoms with Crippen molar-refractivity contribution < 1.29 is 9.50 Å². The zero-order valence-electron chi connectivity index (χ0n) is 17.2. The Bertz CT molecular complexity index is 1350. The largest absolute Gasteiger partial charge is 0.396 e. The van der Waals surface area contributed by atoms with E-state index in [-0.39, 0.29) is 11.6 Å². The van der Waals surface area contributed by atoms with Crippen LogP contribution in [0.25, 0.3) is 10.9 Å². The molecule has 0 bridgehead atoms. The molecular formula is C22H18Cl2FN7O. The van der Waals surface area contributed by atoms with Crippen molar-refractivity contribution in [1.82, 2.24) is 20.0 Å². The molecule has 8 nitrogen and oxygen atoms in total. The van der Waals surface area contributed by atoms with E-state index in [2.05, 4.69) is 32.0 Å². The predicted molar refractivity (Wildman–Crippen MR) is 125 cm³/mol. The molecule has 0 saturated carbocycles. The Balaban J connectivity index is 1.65. The molecule has 0 aliphatic carbocycles. The fourth-order valence-electron chi connectivity index (χ4n) is 3.25. The molecular weight excluding hydrogens is 468 g/mol. The molecule has 0 atom stereocenters. The summed E-state index contributed by atoms with van der Waals surface area (Å²) in [6.07, 6.45) is 3.82. The van der Waals surface area contributed by atoms with Gasteiger partial charge < -0.3 is 15.7 Å². The second kappa shape index (κ2) is 10.0. The first kappa shape index (κ1) is 22.7. The van der Waals surface area contributed by atoms with E-state index in [9.17, 15) is 9.65 Å². The zero-order chi connectivity index (χ0) is 23.4. The van der Waals surface area contributed by atoms with Crippen LogP contribution in [0.15, 0.2) is 42.7 Å². The van der Waals surface area contributed by atoms with Crippen LogP contribution in [0.3, 0.4) is 0 Å². The van der Waals surface area contributed by atoms with Crippen LogP contribution in [0.1, 0.15) is 17.7 Å². The maximum Gasteiger partial charge on any atom is 0.141 e. The van der Waals surface area contributed by atoms with Crippen LogP contribution in [0.2, 0.25) is 10.0 Å². The van der Waals surface area contributed by atoms with Crippen molar-refractivity contribution in [3.63, 3.8) is 0 Å². The Labute approximate surface area is 198 Å². The predicted octanol–water partition coefficient (Wildman–Crippen LogP) is 4.88. The Kier molecular flexibility index (Phi) is 6.89. The number of fused-ring (bicyclic) bond motifs is 1. The van der Waals surface area contributed by atoms with E-state index in [0.717, 1.165) is 0 Å². The third-order valence-corrected chi connectivity index (χ3v) is 5.42. The van der Waals surface area contributed by atoms with Crippen LogP contribution in [-0.2, 0) is 13.1 Å². The molecule has 4 aromatic rings. The lowest BCUT2D eigenvalue weighted by Gasteiger charge is -2.14. The number of aryl methyl sites for hydroxylation is 1. The molecule has 0 spiro atoms. The average molecular weight is 486 g/mol. The number of hydrogen-bond acceptors (Lipinski definition) is 7. The van der Waals surface area contributed by atoms with Crippen molar-refractivity contribution in [2.24, 2.45) is 0 Å². The monoisotopic (exact) mass is 485 g/mol. The molecule has 0 saturated heterocycles. The number of nitrogens with one attached hydrogen (secondary N) is 2. The van der Waals surface area contributed by atoms with E-state index < -0.39 is 5.82 Å². The first-order valence-electron chi connectivity index (χ1n) is 9.96. The van der Waals surface area contributed by atoms with Crippen molar-refractivity contribution >= 4 is 51.2 Å². The van der Waals surface area contributed by atoms with Crippen LogP contribution in [0.5, 0.6) is 0 Å². The van der Waals surface area contributed by atoms with Crippen LogP contribution in [0, 0.1) is 17.1 Å². The highest BCUT2D eigenvalue weighted by Gasteiger charge is 2.14. The normalized spacial score (nSPS) is 10.9. The molecule has 3 N–H and O–H groups in total. The third-order valence-electron chi connectivity index (χ3n) is 4.84. The molecule has 0 amide bonds. The number of aliphatic hydroxyl groups is 1. The van der Waals surface area contributed by atoms with Crippen LogP contribution >= 0.6 is 23.2 Å². The zero-order valence-corrected chi connectivity index (χ0v) is 18.7. The number of hydrogen-bond donors (Lipinski definition) is 3. The Morgan fingerprint density at radius 3 is 2.73 bits per heavy atom. The molecule has 0 radical (unpaired) electrons. The fraction of sp³-hybridized carbons (Fsp3) is 0.182. The molecule has 11 heteroatoms. The number of aliphatic hydroxyl groups excluding tert-OH is 1. The minimum atomic E-state index is -0.537. The molecule has 2 heterocycles. The van der Waals surface area contributed by atoms with Crippen LogP contribution < -0.4 is 10.6 Å². The van der Waals surface area contributed by atoms with Crippen molar-refractivity contribution in [2.45, 2.75) is 19.5 Å². The van der Waals surface area contributed by atoms with Gasteiger partial charge in [0, 0.05) is 36.1 Å². The van der Waals surface area contributed by atoms with Crippen molar-refractivity contribution in [2.75, 3.05) is 17.2 Å². The van der Waals surface area contributed by atoms with Gasteiger partial charge in [-0.05, 0) is 36.8 Å². The van der Waals surface area contributed by atoms with E-state index in [4.69, 9.17) is 28.3 Å². The van der Waals surface area contributed by atoms with Crippen molar-refractivity contribution in [1.29, 1.82) is 5.26 Å². The van der Waals surface area contributed by atoms with E-state index >= 15 is 0 Å². The van der Waals surface area contributed by atoms with E-state index in [1.54, 1.807) is 16.9 Å². The van der Waals surface area contributed by atoms with Gasteiger partial charge in [0.25, 0.3) is 0 Å². The maximum absolute atomic E-state index is 13.6. The smallest absolute Gasteiger partial charge is 0.141 e. The average Bonchev–Trinajstić information content (AvgIpc) is 3.27. The minimum absolute atomic E-state index is 0.0377.